The van der Waals surface area contributed by atoms with Crippen LogP contribution in [-0.4, -0.2) is 6.54 Å². The first kappa shape index (κ1) is 14.2. The molecular weight excluding hydrogens is 282 g/mol. The largest absolute Gasteiger partial charge is 0.309 e. The first-order valence-corrected chi connectivity index (χ1v) is 7.66. The van der Waals surface area contributed by atoms with Crippen LogP contribution in [0.4, 0.5) is 0 Å². The van der Waals surface area contributed by atoms with Crippen molar-refractivity contribution in [3.8, 4) is 0 Å². The van der Waals surface area contributed by atoms with Crippen molar-refractivity contribution in [1.82, 2.24) is 5.32 Å². The predicted molar refractivity (Wildman–Crippen MR) is 77.1 cm³/mol. The quantitative estimate of drug-likeness (QED) is 0.781. The summed E-state index contributed by atoms with van der Waals surface area (Å²) in [6.45, 7) is 10.2. The van der Waals surface area contributed by atoms with Crippen molar-refractivity contribution in [3.63, 3.8) is 0 Å². The van der Waals surface area contributed by atoms with Crippen LogP contribution in [0.15, 0.2) is 15.9 Å². The molecule has 1 N–H and O–H groups in total. The Hall–Kier alpha value is 0.140. The van der Waals surface area contributed by atoms with Gasteiger partial charge >= 0.3 is 0 Å². The van der Waals surface area contributed by atoms with Gasteiger partial charge in [0.15, 0.2) is 0 Å². The Morgan fingerprint density at radius 2 is 2.12 bits per heavy atom. The highest BCUT2D eigenvalue weighted by Crippen LogP contribution is 2.41. The third-order valence-corrected chi connectivity index (χ3v) is 5.13. The molecule has 0 aliphatic carbocycles. The van der Waals surface area contributed by atoms with E-state index < -0.39 is 0 Å². The highest BCUT2D eigenvalue weighted by molar-refractivity contribution is 9.10. The summed E-state index contributed by atoms with van der Waals surface area (Å²) in [5.41, 5.74) is 0.294. The molecule has 0 bridgehead atoms. The van der Waals surface area contributed by atoms with Gasteiger partial charge in [0.2, 0.25) is 0 Å². The lowest BCUT2D eigenvalue weighted by molar-refractivity contribution is 0.237. The number of rotatable bonds is 6. The van der Waals surface area contributed by atoms with Crippen molar-refractivity contribution in [2.45, 2.75) is 46.6 Å². The molecule has 0 radical (unpaired) electrons. The summed E-state index contributed by atoms with van der Waals surface area (Å²) in [6, 6.07) is 2.60. The zero-order valence-corrected chi connectivity index (χ0v) is 13.0. The van der Waals surface area contributed by atoms with Crippen molar-refractivity contribution in [1.29, 1.82) is 0 Å². The molecule has 0 aliphatic rings. The van der Waals surface area contributed by atoms with Gasteiger partial charge in [-0.2, -0.15) is 0 Å². The number of hydrogen-bond acceptors (Lipinski definition) is 2. The van der Waals surface area contributed by atoms with E-state index in [0.717, 1.165) is 6.54 Å². The third-order valence-electron chi connectivity index (χ3n) is 3.20. The second-order valence-corrected chi connectivity index (χ2v) is 6.66. The number of thiophene rings is 1. The Kier molecular flexibility index (Phi) is 5.48. The van der Waals surface area contributed by atoms with E-state index in [-0.39, 0.29) is 0 Å². The van der Waals surface area contributed by atoms with E-state index in [4.69, 9.17) is 0 Å². The summed E-state index contributed by atoms with van der Waals surface area (Å²) in [6.07, 6.45) is 2.36. The van der Waals surface area contributed by atoms with Crippen molar-refractivity contribution >= 4 is 27.3 Å². The smallest absolute Gasteiger partial charge is 0.0478 e. The molecule has 1 heterocycles. The van der Waals surface area contributed by atoms with Crippen LogP contribution in [0.3, 0.4) is 0 Å². The van der Waals surface area contributed by atoms with Crippen LogP contribution >= 0.6 is 27.3 Å². The molecule has 0 saturated carbocycles. The van der Waals surface area contributed by atoms with E-state index in [9.17, 15) is 0 Å². The van der Waals surface area contributed by atoms with Crippen LogP contribution < -0.4 is 5.32 Å². The van der Waals surface area contributed by atoms with Gasteiger partial charge in [0.1, 0.15) is 0 Å². The monoisotopic (exact) mass is 303 g/mol. The molecule has 16 heavy (non-hydrogen) atoms. The molecule has 0 fully saturated rings. The fraction of sp³-hybridized carbons (Fsp3) is 0.692. The lowest BCUT2D eigenvalue weighted by Crippen LogP contribution is -2.34. The van der Waals surface area contributed by atoms with E-state index in [2.05, 4.69) is 60.4 Å². The predicted octanol–water partition coefficient (Wildman–Crippen LogP) is 4.99. The Morgan fingerprint density at radius 1 is 1.44 bits per heavy atom. The average molecular weight is 304 g/mol. The molecule has 0 spiro atoms. The summed E-state index contributed by atoms with van der Waals surface area (Å²) < 4.78 is 1.24. The zero-order chi connectivity index (χ0) is 12.2. The first-order valence-electron chi connectivity index (χ1n) is 5.99. The van der Waals surface area contributed by atoms with Crippen LogP contribution in [0, 0.1) is 5.41 Å². The van der Waals surface area contributed by atoms with Gasteiger partial charge in [0, 0.05) is 15.4 Å². The topological polar surface area (TPSA) is 12.0 Å². The molecule has 1 nitrogen and oxygen atoms in total. The summed E-state index contributed by atoms with van der Waals surface area (Å²) >= 11 is 5.49. The van der Waals surface area contributed by atoms with E-state index >= 15 is 0 Å². The molecule has 0 aliphatic heterocycles. The normalized spacial score (nSPS) is 14.1. The fourth-order valence-corrected chi connectivity index (χ4v) is 3.61. The molecule has 0 saturated heterocycles. The molecule has 3 heteroatoms. The fourth-order valence-electron chi connectivity index (χ4n) is 1.73. The number of nitrogens with one attached hydrogen (secondary N) is 1. The lowest BCUT2D eigenvalue weighted by atomic mass is 9.81. The Balaban J connectivity index is 2.92. The van der Waals surface area contributed by atoms with Crippen molar-refractivity contribution in [3.05, 3.63) is 20.8 Å². The molecule has 1 unspecified atom stereocenters. The molecule has 1 atom stereocenters. The van der Waals surface area contributed by atoms with E-state index in [1.54, 1.807) is 0 Å². The van der Waals surface area contributed by atoms with Gasteiger partial charge in [-0.3, -0.25) is 0 Å². The van der Waals surface area contributed by atoms with Crippen LogP contribution in [0.25, 0.3) is 0 Å². The number of halogens is 1. The highest BCUT2D eigenvalue weighted by Gasteiger charge is 2.30. The van der Waals surface area contributed by atoms with Gasteiger partial charge in [0.05, 0.1) is 0 Å². The standard InChI is InChI=1S/C13H22BrNS/c1-5-8-15-12(13(3,4)6-2)11-10(14)7-9-16-11/h7,9,12,15H,5-6,8H2,1-4H3. The van der Waals surface area contributed by atoms with Gasteiger partial charge < -0.3 is 5.32 Å². The summed E-state index contributed by atoms with van der Waals surface area (Å²) in [5, 5.41) is 5.84. The minimum atomic E-state index is 0.294. The van der Waals surface area contributed by atoms with Crippen molar-refractivity contribution < 1.29 is 0 Å². The second kappa shape index (κ2) is 6.18. The Morgan fingerprint density at radius 3 is 2.56 bits per heavy atom. The maximum atomic E-state index is 3.68. The summed E-state index contributed by atoms with van der Waals surface area (Å²) in [7, 11) is 0. The summed E-state index contributed by atoms with van der Waals surface area (Å²) in [4.78, 5) is 1.43. The van der Waals surface area contributed by atoms with Gasteiger partial charge in [-0.15, -0.1) is 11.3 Å². The van der Waals surface area contributed by atoms with Crippen molar-refractivity contribution in [2.24, 2.45) is 5.41 Å². The Labute approximate surface area is 112 Å². The lowest BCUT2D eigenvalue weighted by Gasteiger charge is -2.34. The second-order valence-electron chi connectivity index (χ2n) is 4.86. The molecule has 0 amide bonds. The highest BCUT2D eigenvalue weighted by atomic mass is 79.9. The van der Waals surface area contributed by atoms with E-state index in [1.807, 2.05) is 11.3 Å². The zero-order valence-electron chi connectivity index (χ0n) is 10.6. The van der Waals surface area contributed by atoms with Crippen LogP contribution in [0.5, 0.6) is 0 Å². The van der Waals surface area contributed by atoms with Gasteiger partial charge in [-0.25, -0.2) is 0 Å². The molecule has 1 aromatic rings. The molecule has 0 aromatic carbocycles. The summed E-state index contributed by atoms with van der Waals surface area (Å²) in [5.74, 6) is 0. The number of hydrogen-bond donors (Lipinski definition) is 1. The van der Waals surface area contributed by atoms with Crippen molar-refractivity contribution in [2.75, 3.05) is 6.54 Å². The first-order chi connectivity index (χ1) is 7.53. The maximum Gasteiger partial charge on any atom is 0.0478 e. The molecular formula is C13H22BrNS. The van der Waals surface area contributed by atoms with Crippen LogP contribution in [0.1, 0.15) is 51.5 Å². The van der Waals surface area contributed by atoms with E-state index in [0.29, 0.717) is 11.5 Å². The van der Waals surface area contributed by atoms with Crippen LogP contribution in [-0.2, 0) is 0 Å². The minimum absolute atomic E-state index is 0.294. The minimum Gasteiger partial charge on any atom is -0.309 e. The van der Waals surface area contributed by atoms with Gasteiger partial charge in [0.25, 0.3) is 0 Å². The Bertz CT molecular complexity index is 319. The molecule has 1 aromatic heterocycles. The van der Waals surface area contributed by atoms with E-state index in [1.165, 1.54) is 22.2 Å². The average Bonchev–Trinajstić information content (AvgIpc) is 2.65. The van der Waals surface area contributed by atoms with Gasteiger partial charge in [-0.1, -0.05) is 27.7 Å². The SMILES string of the molecule is CCCNC(c1sccc1Br)C(C)(C)CC. The molecule has 92 valence electrons. The molecule has 1 rings (SSSR count). The third kappa shape index (κ3) is 3.31. The van der Waals surface area contributed by atoms with Crippen LogP contribution in [0.2, 0.25) is 0 Å². The van der Waals surface area contributed by atoms with Gasteiger partial charge in [-0.05, 0) is 52.2 Å². The maximum absolute atomic E-state index is 3.68.